The summed E-state index contributed by atoms with van der Waals surface area (Å²) >= 11 is 0. The maximum Gasteiger partial charge on any atom is 0.150 e. The largest absolute Gasteiger partial charge is 0.377 e. The molecule has 0 aliphatic carbocycles. The fourth-order valence-electron chi connectivity index (χ4n) is 4.02. The third-order valence-corrected chi connectivity index (χ3v) is 5.51. The van der Waals surface area contributed by atoms with E-state index >= 15 is 0 Å². The minimum absolute atomic E-state index is 0.0396. The van der Waals surface area contributed by atoms with Crippen LogP contribution in [-0.2, 0) is 9.47 Å². The molecule has 2 saturated heterocycles. The summed E-state index contributed by atoms with van der Waals surface area (Å²) in [4.78, 5) is 11.9. The van der Waals surface area contributed by atoms with Crippen LogP contribution in [0.15, 0.2) is 30.6 Å². The van der Waals surface area contributed by atoms with E-state index in [4.69, 9.17) is 14.5 Å². The summed E-state index contributed by atoms with van der Waals surface area (Å²) in [5.74, 6) is 0.914. The number of ether oxygens (including phenoxy) is 2. The van der Waals surface area contributed by atoms with Crippen LogP contribution in [0.5, 0.6) is 0 Å². The summed E-state index contributed by atoms with van der Waals surface area (Å²) in [6.07, 6.45) is 6.81. The molecule has 28 heavy (non-hydrogen) atoms. The molecule has 2 atom stereocenters. The van der Waals surface area contributed by atoms with Gasteiger partial charge in [0.15, 0.2) is 6.23 Å². The van der Waals surface area contributed by atoms with Crippen LogP contribution in [0.3, 0.4) is 0 Å². The minimum atomic E-state index is -0.0396. The monoisotopic (exact) mass is 378 g/mol. The first-order chi connectivity index (χ1) is 13.8. The molecule has 1 radical (unpaired) electrons. The summed E-state index contributed by atoms with van der Waals surface area (Å²) in [6, 6.07) is 9.59. The Balaban J connectivity index is 1.58. The van der Waals surface area contributed by atoms with Crippen LogP contribution in [0, 0.1) is 6.07 Å². The van der Waals surface area contributed by atoms with E-state index in [2.05, 4.69) is 28.0 Å². The first-order valence-corrected chi connectivity index (χ1v) is 9.98. The average molecular weight is 378 g/mol. The van der Waals surface area contributed by atoms with Gasteiger partial charge < -0.3 is 14.4 Å². The van der Waals surface area contributed by atoms with Crippen LogP contribution in [-0.4, -0.2) is 52.2 Å². The van der Waals surface area contributed by atoms with Gasteiger partial charge >= 0.3 is 0 Å². The van der Waals surface area contributed by atoms with E-state index in [-0.39, 0.29) is 12.3 Å². The van der Waals surface area contributed by atoms with Gasteiger partial charge in [-0.05, 0) is 50.5 Å². The minimum Gasteiger partial charge on any atom is -0.377 e. The Hall–Kier alpha value is -2.51. The number of anilines is 1. The SMILES string of the molecule is C[C@@H]1COCCN1c1c[c]c2ccnc(-c3ccnn3C3CCCCO3)c2n1. The van der Waals surface area contributed by atoms with Crippen molar-refractivity contribution in [3.63, 3.8) is 0 Å². The number of pyridine rings is 2. The van der Waals surface area contributed by atoms with E-state index in [1.54, 1.807) is 0 Å². The maximum atomic E-state index is 5.95. The smallest absolute Gasteiger partial charge is 0.150 e. The van der Waals surface area contributed by atoms with Gasteiger partial charge in [-0.2, -0.15) is 5.10 Å². The van der Waals surface area contributed by atoms with Gasteiger partial charge in [0, 0.05) is 30.9 Å². The number of aromatic nitrogens is 4. The number of hydrogen-bond acceptors (Lipinski definition) is 6. The molecule has 0 aromatic carbocycles. The van der Waals surface area contributed by atoms with Crippen molar-refractivity contribution < 1.29 is 9.47 Å². The summed E-state index contributed by atoms with van der Waals surface area (Å²) in [6.45, 7) is 5.20. The first kappa shape index (κ1) is 17.6. The van der Waals surface area contributed by atoms with E-state index in [0.29, 0.717) is 6.61 Å². The van der Waals surface area contributed by atoms with Gasteiger partial charge in [0.05, 0.1) is 24.9 Å². The first-order valence-electron chi connectivity index (χ1n) is 9.98. The average Bonchev–Trinajstić information content (AvgIpc) is 3.24. The second-order valence-corrected chi connectivity index (χ2v) is 7.41. The molecule has 7 heteroatoms. The Kier molecular flexibility index (Phi) is 4.70. The van der Waals surface area contributed by atoms with Gasteiger partial charge in [-0.15, -0.1) is 0 Å². The molecule has 3 aromatic heterocycles. The van der Waals surface area contributed by atoms with Crippen LogP contribution in [0.2, 0.25) is 0 Å². The summed E-state index contributed by atoms with van der Waals surface area (Å²) < 4.78 is 13.5. The number of morpholine rings is 1. The Morgan fingerprint density at radius 2 is 2.14 bits per heavy atom. The zero-order chi connectivity index (χ0) is 18.9. The lowest BCUT2D eigenvalue weighted by atomic mass is 10.1. The van der Waals surface area contributed by atoms with Gasteiger partial charge in [-0.25, -0.2) is 9.67 Å². The van der Waals surface area contributed by atoms with Gasteiger partial charge in [0.25, 0.3) is 0 Å². The third kappa shape index (κ3) is 3.14. The molecule has 0 bridgehead atoms. The van der Waals surface area contributed by atoms with Crippen molar-refractivity contribution in [2.45, 2.75) is 38.5 Å². The highest BCUT2D eigenvalue weighted by Gasteiger charge is 2.23. The van der Waals surface area contributed by atoms with Crippen LogP contribution in [0.1, 0.15) is 32.4 Å². The molecule has 1 unspecified atom stereocenters. The van der Waals surface area contributed by atoms with Crippen molar-refractivity contribution in [2.75, 3.05) is 31.3 Å². The van der Waals surface area contributed by atoms with Crippen molar-refractivity contribution in [1.82, 2.24) is 19.7 Å². The van der Waals surface area contributed by atoms with Crippen molar-refractivity contribution in [3.8, 4) is 11.4 Å². The van der Waals surface area contributed by atoms with Gasteiger partial charge in [0.2, 0.25) is 0 Å². The second kappa shape index (κ2) is 7.48. The molecular formula is C21H24N5O2. The highest BCUT2D eigenvalue weighted by Crippen LogP contribution is 2.31. The molecule has 0 amide bonds. The molecule has 5 heterocycles. The number of nitrogens with zero attached hydrogens (tertiary/aromatic N) is 5. The second-order valence-electron chi connectivity index (χ2n) is 7.41. The fraction of sp³-hybridized carbons (Fsp3) is 0.476. The molecule has 0 saturated carbocycles. The number of fused-ring (bicyclic) bond motifs is 1. The highest BCUT2D eigenvalue weighted by atomic mass is 16.5. The predicted molar refractivity (Wildman–Crippen MR) is 106 cm³/mol. The Morgan fingerprint density at radius 3 is 3.00 bits per heavy atom. The van der Waals surface area contributed by atoms with Crippen LogP contribution < -0.4 is 4.90 Å². The lowest BCUT2D eigenvalue weighted by molar-refractivity contribution is -0.0383. The molecule has 3 aromatic rings. The van der Waals surface area contributed by atoms with E-state index in [1.807, 2.05) is 35.3 Å². The van der Waals surface area contributed by atoms with Gasteiger partial charge in [0.1, 0.15) is 17.0 Å². The van der Waals surface area contributed by atoms with Gasteiger partial charge in [-0.3, -0.25) is 4.98 Å². The summed E-state index contributed by atoms with van der Waals surface area (Å²) in [5, 5.41) is 5.49. The zero-order valence-electron chi connectivity index (χ0n) is 16.0. The normalized spacial score (nSPS) is 23.2. The van der Waals surface area contributed by atoms with E-state index in [9.17, 15) is 0 Å². The van der Waals surface area contributed by atoms with E-state index in [1.165, 1.54) is 0 Å². The quantitative estimate of drug-likeness (QED) is 0.697. The Labute approximate surface area is 164 Å². The van der Waals surface area contributed by atoms with Crippen LogP contribution in [0.4, 0.5) is 5.82 Å². The van der Waals surface area contributed by atoms with Crippen molar-refractivity contribution in [3.05, 3.63) is 36.7 Å². The van der Waals surface area contributed by atoms with Crippen molar-refractivity contribution >= 4 is 16.7 Å². The topological polar surface area (TPSA) is 65.3 Å². The molecule has 145 valence electrons. The Morgan fingerprint density at radius 1 is 1.18 bits per heavy atom. The fourth-order valence-corrected chi connectivity index (χ4v) is 4.02. The van der Waals surface area contributed by atoms with Crippen LogP contribution in [0.25, 0.3) is 22.3 Å². The van der Waals surface area contributed by atoms with Crippen molar-refractivity contribution in [2.24, 2.45) is 0 Å². The standard InChI is InChI=1S/C21H24N5O2/c1-15-14-27-13-11-25(15)18-6-5-16-7-9-22-21(20(16)24-18)17-8-10-23-26(17)19-4-2-3-12-28-19/h6-10,15,19H,2-4,11-14H2,1H3/t15-,19?/m1/s1. The van der Waals surface area contributed by atoms with Gasteiger partial charge in [-0.1, -0.05) is 0 Å². The molecule has 0 N–H and O–H groups in total. The molecule has 2 fully saturated rings. The third-order valence-electron chi connectivity index (χ3n) is 5.51. The van der Waals surface area contributed by atoms with E-state index < -0.39 is 0 Å². The lowest BCUT2D eigenvalue weighted by Crippen LogP contribution is -2.44. The lowest BCUT2D eigenvalue weighted by Gasteiger charge is -2.34. The zero-order valence-corrected chi connectivity index (χ0v) is 16.0. The molecule has 2 aliphatic rings. The van der Waals surface area contributed by atoms with Crippen LogP contribution >= 0.6 is 0 Å². The molecule has 5 rings (SSSR count). The molecule has 0 spiro atoms. The predicted octanol–water partition coefficient (Wildman–Crippen LogP) is 3.22. The summed E-state index contributed by atoms with van der Waals surface area (Å²) in [7, 11) is 0. The molecular weight excluding hydrogens is 354 g/mol. The molecule has 7 nitrogen and oxygen atoms in total. The number of rotatable bonds is 3. The molecule has 2 aliphatic heterocycles. The maximum absolute atomic E-state index is 5.95. The summed E-state index contributed by atoms with van der Waals surface area (Å²) in [5.41, 5.74) is 2.60. The number of hydrogen-bond donors (Lipinski definition) is 0. The van der Waals surface area contributed by atoms with E-state index in [0.717, 1.165) is 67.1 Å². The van der Waals surface area contributed by atoms with Crippen molar-refractivity contribution in [1.29, 1.82) is 0 Å². The Bertz CT molecular complexity index is 966. The highest BCUT2D eigenvalue weighted by molar-refractivity contribution is 5.91.